The smallest absolute Gasteiger partial charge is 0.0745 e. The first-order valence-corrected chi connectivity index (χ1v) is 20.0. The van der Waals surface area contributed by atoms with E-state index in [-0.39, 0.29) is 0 Å². The van der Waals surface area contributed by atoms with Gasteiger partial charge in [0.25, 0.3) is 0 Å². The van der Waals surface area contributed by atoms with Crippen LogP contribution in [-0.4, -0.2) is 19.2 Å². The highest BCUT2D eigenvalue weighted by molar-refractivity contribution is 8.00. The van der Waals surface area contributed by atoms with E-state index < -0.39 is 14.9 Å². The molecule has 10 aromatic rings. The molecule has 8 aromatic carbocycles. The van der Waals surface area contributed by atoms with Crippen molar-refractivity contribution < 1.29 is 4.21 Å². The van der Waals surface area contributed by atoms with Crippen LogP contribution in [0.2, 0.25) is 0 Å². The van der Waals surface area contributed by atoms with Crippen LogP contribution in [0.5, 0.6) is 0 Å². The van der Waals surface area contributed by atoms with Gasteiger partial charge in [-0.15, -0.1) is 0 Å². The van der Waals surface area contributed by atoms with Crippen LogP contribution in [0.25, 0.3) is 55.0 Å². The van der Waals surface area contributed by atoms with Crippen molar-refractivity contribution in [2.75, 3.05) is 0 Å². The maximum Gasteiger partial charge on any atom is 0.0745 e. The Kier molecular flexibility index (Phi) is 6.56. The first-order valence-electron chi connectivity index (χ1n) is 18.3. The van der Waals surface area contributed by atoms with Crippen LogP contribution in [0.1, 0.15) is 22.3 Å². The summed E-state index contributed by atoms with van der Waals surface area (Å²) in [6.07, 6.45) is 0. The number of hydrogen-bond acceptors (Lipinski definition) is 1. The molecule has 0 aliphatic carbocycles. The molecule has 2 aromatic heterocycles. The molecule has 3 nitrogen and oxygen atoms in total. The largest absolute Gasteiger partial charge is 0.309 e. The summed E-state index contributed by atoms with van der Waals surface area (Å²) in [6.45, 7) is 0. The average Bonchev–Trinajstić information content (AvgIpc) is 3.75. The van der Waals surface area contributed by atoms with Gasteiger partial charge in [0.05, 0.1) is 27.5 Å². The van der Waals surface area contributed by atoms with E-state index in [1.165, 1.54) is 10.8 Å². The van der Waals surface area contributed by atoms with Crippen LogP contribution in [0.3, 0.4) is 0 Å². The maximum absolute atomic E-state index is 15.4. The van der Waals surface area contributed by atoms with E-state index in [4.69, 9.17) is 0 Å². The topological polar surface area (TPSA) is 26.9 Å². The molecule has 1 aliphatic rings. The van der Waals surface area contributed by atoms with Gasteiger partial charge in [0.2, 0.25) is 0 Å². The zero-order chi connectivity index (χ0) is 36.0. The van der Waals surface area contributed by atoms with Gasteiger partial charge in [0.1, 0.15) is 0 Å². The number of nitrogens with zero attached hydrogens (tertiary/aromatic N) is 2. The highest BCUT2D eigenvalue weighted by Gasteiger charge is 2.48. The zero-order valence-corrected chi connectivity index (χ0v) is 30.2. The second-order valence-corrected chi connectivity index (χ2v) is 16.5. The molecule has 11 rings (SSSR count). The van der Waals surface area contributed by atoms with Crippen molar-refractivity contribution in [3.05, 3.63) is 216 Å². The van der Waals surface area contributed by atoms with Crippen LogP contribution in [-0.2, 0) is 14.9 Å². The first kappa shape index (κ1) is 31.0. The summed E-state index contributed by atoms with van der Waals surface area (Å²) in [7, 11) is -2.93. The molecule has 0 amide bonds. The number of para-hydroxylation sites is 3. The zero-order valence-electron chi connectivity index (χ0n) is 29.4. The molecule has 0 saturated carbocycles. The minimum atomic E-state index is -2.93. The Labute approximate surface area is 314 Å². The van der Waals surface area contributed by atoms with Crippen molar-refractivity contribution in [1.29, 1.82) is 0 Å². The lowest BCUT2D eigenvalue weighted by atomic mass is 9.64. The minimum absolute atomic E-state index is 0.768. The number of aromatic nitrogens is 2. The van der Waals surface area contributed by atoms with Gasteiger partial charge in [-0.3, -0.25) is 4.21 Å². The van der Waals surface area contributed by atoms with Gasteiger partial charge >= 0.3 is 0 Å². The summed E-state index contributed by atoms with van der Waals surface area (Å²) < 4.78 is 20.2. The Hall–Kier alpha value is -6.62. The maximum atomic E-state index is 15.4. The molecule has 3 heterocycles. The highest BCUT2D eigenvalue weighted by atomic mass is 32.2. The second kappa shape index (κ2) is 11.4. The average molecular weight is 711 g/mol. The van der Waals surface area contributed by atoms with E-state index in [2.05, 4.69) is 197 Å². The number of benzene rings is 8. The second-order valence-electron chi connectivity index (χ2n) is 14.2. The van der Waals surface area contributed by atoms with Crippen LogP contribution in [0.4, 0.5) is 0 Å². The van der Waals surface area contributed by atoms with Gasteiger partial charge in [0.15, 0.2) is 0 Å². The third-order valence-electron chi connectivity index (χ3n) is 11.5. The van der Waals surface area contributed by atoms with E-state index in [1.54, 1.807) is 0 Å². The Morgan fingerprint density at radius 1 is 0.426 bits per heavy atom. The lowest BCUT2D eigenvalue weighted by Crippen LogP contribution is -2.38. The van der Waals surface area contributed by atoms with Crippen molar-refractivity contribution in [1.82, 2.24) is 9.13 Å². The molecular formula is C50H34N2OS. The van der Waals surface area contributed by atoms with Gasteiger partial charge in [-0.05, 0) is 71.1 Å². The Bertz CT molecular complexity index is 3130. The third-order valence-corrected chi connectivity index (χ3v) is 13.6. The van der Waals surface area contributed by atoms with Gasteiger partial charge in [0, 0.05) is 57.8 Å². The Balaban J connectivity index is 1.33. The van der Waals surface area contributed by atoms with Gasteiger partial charge < -0.3 is 9.13 Å². The monoisotopic (exact) mass is 710 g/mol. The van der Waals surface area contributed by atoms with E-state index in [9.17, 15) is 0 Å². The van der Waals surface area contributed by atoms with Crippen LogP contribution < -0.4 is 0 Å². The Morgan fingerprint density at radius 3 is 1.52 bits per heavy atom. The molecule has 54 heavy (non-hydrogen) atoms. The van der Waals surface area contributed by atoms with E-state index >= 15 is 4.21 Å². The number of rotatable bonds is 4. The van der Waals surface area contributed by atoms with Crippen LogP contribution in [0.15, 0.2) is 204 Å². The fourth-order valence-electron chi connectivity index (χ4n) is 9.38. The molecule has 0 N–H and O–H groups in total. The first-order chi connectivity index (χ1) is 26.6. The van der Waals surface area contributed by atoms with Crippen molar-refractivity contribution in [3.8, 4) is 11.4 Å². The van der Waals surface area contributed by atoms with Crippen molar-refractivity contribution in [2.24, 2.45) is 0 Å². The van der Waals surface area contributed by atoms with Crippen LogP contribution >= 0.6 is 0 Å². The van der Waals surface area contributed by atoms with Crippen molar-refractivity contribution >= 4 is 59.0 Å². The summed E-state index contributed by atoms with van der Waals surface area (Å²) in [5.74, 6) is 4.55. The summed E-state index contributed by atoms with van der Waals surface area (Å²) in [4.78, 5) is 1.55. The van der Waals surface area contributed by atoms with Gasteiger partial charge in [-0.25, -0.2) is 0 Å². The molecule has 1 atom stereocenters. The van der Waals surface area contributed by atoms with E-state index in [0.717, 1.165) is 76.3 Å². The SMILES string of the molecule is C=S1(=O)c2ccccc2C(c2ccccc2)(c2ccccc2)c2c1ccc1c3ccccc3n(-c3cccc(-n4c5ccccc5c5ccccc54)c3)c21. The third kappa shape index (κ3) is 4.06. The van der Waals surface area contributed by atoms with Crippen molar-refractivity contribution in [2.45, 2.75) is 15.2 Å². The summed E-state index contributed by atoms with van der Waals surface area (Å²) in [5, 5.41) is 4.70. The molecule has 0 fully saturated rings. The molecular weight excluding hydrogens is 677 g/mol. The summed E-state index contributed by atoms with van der Waals surface area (Å²) in [5.41, 5.74) is 9.98. The standard InChI is InChI=1S/C50H34N2OS/c1-54(53)46-30-15-11-26-42(46)50(34-17-4-2-5-18-34,35-19-6-3-7-20-35)48-47(54)32-31-41-40-25-10-14-29-45(40)52(49(41)48)37-22-16-21-36(33-37)51-43-27-12-8-23-38(43)39-24-9-13-28-44(39)51/h2-33H,1H2. The lowest BCUT2D eigenvalue weighted by Gasteiger charge is -2.43. The predicted molar refractivity (Wildman–Crippen MR) is 225 cm³/mol. The summed E-state index contributed by atoms with van der Waals surface area (Å²) >= 11 is 0. The number of hydrogen-bond donors (Lipinski definition) is 0. The minimum Gasteiger partial charge on any atom is -0.309 e. The molecule has 4 heteroatoms. The fraction of sp³-hybridized carbons (Fsp3) is 0.0200. The molecule has 1 unspecified atom stereocenters. The Morgan fingerprint density at radius 2 is 0.907 bits per heavy atom. The van der Waals surface area contributed by atoms with Gasteiger partial charge in [-0.2, -0.15) is 0 Å². The normalized spacial score (nSPS) is 16.1. The van der Waals surface area contributed by atoms with E-state index in [0.29, 0.717) is 0 Å². The lowest BCUT2D eigenvalue weighted by molar-refractivity contribution is 0.654. The van der Waals surface area contributed by atoms with Crippen LogP contribution in [0, 0.1) is 0 Å². The van der Waals surface area contributed by atoms with E-state index in [1.807, 2.05) is 12.1 Å². The molecule has 0 spiro atoms. The molecule has 0 bridgehead atoms. The van der Waals surface area contributed by atoms with Gasteiger partial charge in [-0.1, -0.05) is 146 Å². The highest BCUT2D eigenvalue weighted by Crippen LogP contribution is 2.56. The fourth-order valence-corrected chi connectivity index (χ4v) is 11.4. The summed E-state index contributed by atoms with van der Waals surface area (Å²) in [6, 6.07) is 68.8. The quantitative estimate of drug-likeness (QED) is 0.167. The molecule has 0 radical (unpaired) electrons. The van der Waals surface area contributed by atoms with Crippen molar-refractivity contribution in [3.63, 3.8) is 0 Å². The molecule has 256 valence electrons. The molecule has 0 saturated heterocycles. The molecule has 1 aliphatic heterocycles. The predicted octanol–water partition coefficient (Wildman–Crippen LogP) is 11.7. The number of fused-ring (bicyclic) bond motifs is 9.